The van der Waals surface area contributed by atoms with Gasteiger partial charge in [-0.3, -0.25) is 9.59 Å². The minimum atomic E-state index is -0.849. The minimum Gasteiger partial charge on any atom is -0.481 e. The van der Waals surface area contributed by atoms with E-state index < -0.39 is 5.97 Å². The van der Waals surface area contributed by atoms with Gasteiger partial charge in [0.15, 0.2) is 0 Å². The molecule has 1 aliphatic rings. The van der Waals surface area contributed by atoms with Gasteiger partial charge in [0.1, 0.15) is 0 Å². The molecule has 0 aliphatic carbocycles. The number of rotatable bonds is 5. The Labute approximate surface area is 133 Å². The summed E-state index contributed by atoms with van der Waals surface area (Å²) in [6.45, 7) is 0.653. The molecule has 1 aromatic rings. The van der Waals surface area contributed by atoms with Crippen molar-refractivity contribution in [2.75, 3.05) is 12.3 Å². The van der Waals surface area contributed by atoms with Crippen molar-refractivity contribution in [1.29, 1.82) is 0 Å². The number of carboxylic acids is 1. The normalized spacial score (nSPS) is 18.5. The van der Waals surface area contributed by atoms with Crippen molar-refractivity contribution in [2.24, 2.45) is 0 Å². The van der Waals surface area contributed by atoms with Crippen molar-refractivity contribution in [3.8, 4) is 0 Å². The predicted molar refractivity (Wildman–Crippen MR) is 83.8 cm³/mol. The molecule has 2 rings (SSSR count). The fraction of sp³-hybridized carbons (Fsp3) is 0.467. The summed E-state index contributed by atoms with van der Waals surface area (Å²) in [5, 5.41) is 9.58. The van der Waals surface area contributed by atoms with Crippen molar-refractivity contribution in [1.82, 2.24) is 4.90 Å². The number of benzene rings is 1. The molecule has 1 amide bonds. The Kier molecular flexibility index (Phi) is 5.94. The second-order valence-corrected chi connectivity index (χ2v) is 6.48. The van der Waals surface area contributed by atoms with E-state index in [0.717, 1.165) is 24.2 Å². The van der Waals surface area contributed by atoms with Crippen molar-refractivity contribution >= 4 is 35.2 Å². The van der Waals surface area contributed by atoms with Gasteiger partial charge in [0.25, 0.3) is 0 Å². The second kappa shape index (κ2) is 7.71. The molecule has 114 valence electrons. The van der Waals surface area contributed by atoms with Crippen LogP contribution in [0.4, 0.5) is 0 Å². The highest BCUT2D eigenvalue weighted by Crippen LogP contribution is 2.28. The molecule has 1 aromatic carbocycles. The van der Waals surface area contributed by atoms with Crippen molar-refractivity contribution in [3.63, 3.8) is 0 Å². The lowest BCUT2D eigenvalue weighted by Crippen LogP contribution is -2.45. The highest BCUT2D eigenvalue weighted by atomic mass is 35.5. The number of carboxylic acid groups (broad SMARTS) is 1. The summed E-state index contributed by atoms with van der Waals surface area (Å²) >= 11 is 7.47. The van der Waals surface area contributed by atoms with E-state index in [9.17, 15) is 9.59 Å². The van der Waals surface area contributed by atoms with Crippen LogP contribution in [0.1, 0.15) is 25.7 Å². The predicted octanol–water partition coefficient (Wildman–Crippen LogP) is 3.29. The summed E-state index contributed by atoms with van der Waals surface area (Å²) in [6.07, 6.45) is 2.73. The molecule has 0 aromatic heterocycles. The van der Waals surface area contributed by atoms with E-state index in [1.807, 2.05) is 18.2 Å². The Morgan fingerprint density at radius 2 is 2.10 bits per heavy atom. The molecule has 1 heterocycles. The van der Waals surface area contributed by atoms with Gasteiger partial charge in [-0.05, 0) is 31.4 Å². The number of piperidine rings is 1. The first-order chi connectivity index (χ1) is 10.1. The number of hydrogen-bond donors (Lipinski definition) is 1. The summed E-state index contributed by atoms with van der Waals surface area (Å²) in [7, 11) is 0. The van der Waals surface area contributed by atoms with E-state index in [1.54, 1.807) is 11.0 Å². The minimum absolute atomic E-state index is 0.00845. The van der Waals surface area contributed by atoms with Gasteiger partial charge in [0, 0.05) is 17.5 Å². The standard InChI is InChI=1S/C15H18ClNO3S/c16-12-6-1-2-7-13(12)21-10-14(18)17-8-4-3-5-11(17)9-15(19)20/h1-2,6-7,11H,3-5,8-10H2,(H,19,20). The van der Waals surface area contributed by atoms with Gasteiger partial charge >= 0.3 is 5.97 Å². The molecule has 1 N–H and O–H groups in total. The van der Waals surface area contributed by atoms with Gasteiger partial charge in [-0.25, -0.2) is 0 Å². The molecular formula is C15H18ClNO3S. The number of likely N-dealkylation sites (tertiary alicyclic amines) is 1. The summed E-state index contributed by atoms with van der Waals surface area (Å²) < 4.78 is 0. The summed E-state index contributed by atoms with van der Waals surface area (Å²) in [5.74, 6) is -0.566. The SMILES string of the molecule is O=C(O)CC1CCCCN1C(=O)CSc1ccccc1Cl. The number of carbonyl (C=O) groups is 2. The fourth-order valence-corrected chi connectivity index (χ4v) is 3.65. The molecule has 6 heteroatoms. The van der Waals surface area contributed by atoms with Crippen LogP contribution in [-0.4, -0.2) is 40.2 Å². The van der Waals surface area contributed by atoms with Crippen LogP contribution in [-0.2, 0) is 9.59 Å². The highest BCUT2D eigenvalue weighted by molar-refractivity contribution is 8.00. The van der Waals surface area contributed by atoms with E-state index >= 15 is 0 Å². The monoisotopic (exact) mass is 327 g/mol. The summed E-state index contributed by atoms with van der Waals surface area (Å²) in [5.41, 5.74) is 0. The molecule has 1 atom stereocenters. The summed E-state index contributed by atoms with van der Waals surface area (Å²) in [6, 6.07) is 7.23. The molecule has 1 fully saturated rings. The van der Waals surface area contributed by atoms with E-state index in [1.165, 1.54) is 11.8 Å². The zero-order chi connectivity index (χ0) is 15.2. The van der Waals surface area contributed by atoms with Crippen molar-refractivity contribution < 1.29 is 14.7 Å². The number of carbonyl (C=O) groups excluding carboxylic acids is 1. The molecule has 0 spiro atoms. The van der Waals surface area contributed by atoms with Crippen LogP contribution in [0.25, 0.3) is 0 Å². The van der Waals surface area contributed by atoms with Gasteiger partial charge in [-0.15, -0.1) is 11.8 Å². The molecule has 0 saturated carbocycles. The fourth-order valence-electron chi connectivity index (χ4n) is 2.53. The van der Waals surface area contributed by atoms with Crippen LogP contribution in [0.3, 0.4) is 0 Å². The van der Waals surface area contributed by atoms with E-state index in [0.29, 0.717) is 17.3 Å². The van der Waals surface area contributed by atoms with Crippen LogP contribution in [0.5, 0.6) is 0 Å². The number of halogens is 1. The lowest BCUT2D eigenvalue weighted by molar-refractivity contribution is -0.141. The maximum Gasteiger partial charge on any atom is 0.305 e. The zero-order valence-electron chi connectivity index (χ0n) is 11.6. The molecule has 4 nitrogen and oxygen atoms in total. The van der Waals surface area contributed by atoms with Gasteiger partial charge < -0.3 is 10.0 Å². The van der Waals surface area contributed by atoms with Crippen LogP contribution in [0, 0.1) is 0 Å². The zero-order valence-corrected chi connectivity index (χ0v) is 13.2. The first-order valence-corrected chi connectivity index (χ1v) is 8.33. The van der Waals surface area contributed by atoms with Crippen molar-refractivity contribution in [2.45, 2.75) is 36.6 Å². The van der Waals surface area contributed by atoms with Gasteiger partial charge in [-0.1, -0.05) is 23.7 Å². The van der Waals surface area contributed by atoms with Gasteiger partial charge in [0.2, 0.25) is 5.91 Å². The average molecular weight is 328 g/mol. The number of thioether (sulfide) groups is 1. The number of nitrogens with zero attached hydrogens (tertiary/aromatic N) is 1. The highest BCUT2D eigenvalue weighted by Gasteiger charge is 2.28. The second-order valence-electron chi connectivity index (χ2n) is 5.05. The molecule has 1 saturated heterocycles. The average Bonchev–Trinajstić information content (AvgIpc) is 2.46. The van der Waals surface area contributed by atoms with Crippen LogP contribution < -0.4 is 0 Å². The van der Waals surface area contributed by atoms with Crippen LogP contribution >= 0.6 is 23.4 Å². The Bertz CT molecular complexity index is 523. The third-order valence-corrected chi connectivity index (χ3v) is 5.05. The van der Waals surface area contributed by atoms with Crippen LogP contribution in [0.15, 0.2) is 29.2 Å². The van der Waals surface area contributed by atoms with Crippen molar-refractivity contribution in [3.05, 3.63) is 29.3 Å². The topological polar surface area (TPSA) is 57.6 Å². The molecule has 0 radical (unpaired) electrons. The number of hydrogen-bond acceptors (Lipinski definition) is 3. The largest absolute Gasteiger partial charge is 0.481 e. The third-order valence-electron chi connectivity index (χ3n) is 3.55. The molecule has 1 aliphatic heterocycles. The van der Waals surface area contributed by atoms with E-state index in [2.05, 4.69) is 0 Å². The Morgan fingerprint density at radius 3 is 2.81 bits per heavy atom. The van der Waals surface area contributed by atoms with Gasteiger partial charge in [-0.2, -0.15) is 0 Å². The Hall–Kier alpha value is -1.20. The molecule has 21 heavy (non-hydrogen) atoms. The molecule has 1 unspecified atom stereocenters. The maximum atomic E-state index is 12.3. The number of aliphatic carboxylic acids is 1. The first-order valence-electron chi connectivity index (χ1n) is 6.96. The van der Waals surface area contributed by atoms with E-state index in [4.69, 9.17) is 16.7 Å². The smallest absolute Gasteiger partial charge is 0.305 e. The Morgan fingerprint density at radius 1 is 1.33 bits per heavy atom. The van der Waals surface area contributed by atoms with Gasteiger partial charge in [0.05, 0.1) is 17.2 Å². The molecular weight excluding hydrogens is 310 g/mol. The van der Waals surface area contributed by atoms with Crippen LogP contribution in [0.2, 0.25) is 5.02 Å². The lowest BCUT2D eigenvalue weighted by Gasteiger charge is -2.35. The number of amides is 1. The summed E-state index contributed by atoms with van der Waals surface area (Å²) in [4.78, 5) is 25.8. The quantitative estimate of drug-likeness (QED) is 0.843. The third kappa shape index (κ3) is 4.64. The molecule has 0 bridgehead atoms. The maximum absolute atomic E-state index is 12.3. The van der Waals surface area contributed by atoms with E-state index in [-0.39, 0.29) is 18.4 Å². The Balaban J connectivity index is 1.94. The lowest BCUT2D eigenvalue weighted by atomic mass is 9.99. The first kappa shape index (κ1) is 16.2.